The van der Waals surface area contributed by atoms with Crippen LogP contribution in [0.2, 0.25) is 0 Å². The molecule has 0 unspecified atom stereocenters. The van der Waals surface area contributed by atoms with E-state index in [1.54, 1.807) is 7.11 Å². The number of aryl methyl sites for hydroxylation is 2. The molecule has 0 radical (unpaired) electrons. The van der Waals surface area contributed by atoms with Gasteiger partial charge in [-0.15, -0.1) is 0 Å². The molecule has 4 rings (SSSR count). The van der Waals surface area contributed by atoms with E-state index in [1.807, 2.05) is 79.7 Å². The van der Waals surface area contributed by atoms with Crippen molar-refractivity contribution in [2.75, 3.05) is 12.4 Å². The molecule has 0 saturated carbocycles. The molecule has 0 aliphatic carbocycles. The standard InChI is InChI=1S/C26H25N3O4/c1-18-10-14-21(15-11-18)32-23-7-4-3-6-22(23)27-24(30)8-5-9-25-28-26(29-33-25)19-12-16-20(31-2)17-13-19/h3-4,6-7,10-17H,5,8-9H2,1-2H3,(H,27,30). The summed E-state index contributed by atoms with van der Waals surface area (Å²) in [6.45, 7) is 2.02. The van der Waals surface area contributed by atoms with Crippen molar-refractivity contribution in [3.05, 3.63) is 84.3 Å². The second kappa shape index (κ2) is 10.5. The quantitative estimate of drug-likeness (QED) is 0.351. The van der Waals surface area contributed by atoms with Crippen LogP contribution in [0.15, 0.2) is 77.3 Å². The summed E-state index contributed by atoms with van der Waals surface area (Å²) in [4.78, 5) is 16.9. The van der Waals surface area contributed by atoms with E-state index < -0.39 is 0 Å². The van der Waals surface area contributed by atoms with E-state index in [2.05, 4.69) is 15.5 Å². The maximum Gasteiger partial charge on any atom is 0.226 e. The Morgan fingerprint density at radius 1 is 0.970 bits per heavy atom. The maximum atomic E-state index is 12.5. The average molecular weight is 444 g/mol. The third kappa shape index (κ3) is 5.98. The summed E-state index contributed by atoms with van der Waals surface area (Å²) in [5, 5.41) is 6.95. The van der Waals surface area contributed by atoms with Crippen LogP contribution < -0.4 is 14.8 Å². The van der Waals surface area contributed by atoms with E-state index in [0.29, 0.717) is 48.2 Å². The summed E-state index contributed by atoms with van der Waals surface area (Å²) in [5.41, 5.74) is 2.62. The molecule has 0 atom stereocenters. The normalized spacial score (nSPS) is 10.6. The Morgan fingerprint density at radius 3 is 2.45 bits per heavy atom. The average Bonchev–Trinajstić information content (AvgIpc) is 3.31. The third-order valence-corrected chi connectivity index (χ3v) is 5.02. The van der Waals surface area contributed by atoms with Crippen molar-refractivity contribution in [1.82, 2.24) is 10.1 Å². The highest BCUT2D eigenvalue weighted by atomic mass is 16.5. The number of benzene rings is 3. The lowest BCUT2D eigenvalue weighted by Gasteiger charge is -2.12. The van der Waals surface area contributed by atoms with E-state index >= 15 is 0 Å². The van der Waals surface area contributed by atoms with Gasteiger partial charge in [-0.25, -0.2) is 0 Å². The van der Waals surface area contributed by atoms with Gasteiger partial charge < -0.3 is 19.3 Å². The number of ether oxygens (including phenoxy) is 2. The van der Waals surface area contributed by atoms with Gasteiger partial charge in [0, 0.05) is 18.4 Å². The van der Waals surface area contributed by atoms with Gasteiger partial charge >= 0.3 is 0 Å². The Labute approximate surface area is 192 Å². The van der Waals surface area contributed by atoms with E-state index in [4.69, 9.17) is 14.0 Å². The number of aromatic nitrogens is 2. The molecule has 7 nitrogen and oxygen atoms in total. The zero-order chi connectivity index (χ0) is 23.0. The monoisotopic (exact) mass is 443 g/mol. The van der Waals surface area contributed by atoms with Crippen molar-refractivity contribution in [2.45, 2.75) is 26.2 Å². The highest BCUT2D eigenvalue weighted by molar-refractivity contribution is 5.92. The van der Waals surface area contributed by atoms with Gasteiger partial charge in [-0.3, -0.25) is 4.79 Å². The van der Waals surface area contributed by atoms with Crippen LogP contribution in [-0.2, 0) is 11.2 Å². The maximum absolute atomic E-state index is 12.5. The molecule has 0 bridgehead atoms. The van der Waals surface area contributed by atoms with E-state index in [9.17, 15) is 4.79 Å². The van der Waals surface area contributed by atoms with Crippen LogP contribution in [0.5, 0.6) is 17.2 Å². The molecule has 7 heteroatoms. The molecule has 168 valence electrons. The Kier molecular flexibility index (Phi) is 6.99. The lowest BCUT2D eigenvalue weighted by Crippen LogP contribution is -2.12. The number of carbonyl (C=O) groups excluding carboxylic acids is 1. The van der Waals surface area contributed by atoms with Crippen molar-refractivity contribution >= 4 is 11.6 Å². The first-order valence-electron chi connectivity index (χ1n) is 10.7. The lowest BCUT2D eigenvalue weighted by molar-refractivity contribution is -0.116. The first kappa shape index (κ1) is 22.1. The van der Waals surface area contributed by atoms with Crippen LogP contribution in [-0.4, -0.2) is 23.2 Å². The van der Waals surface area contributed by atoms with Gasteiger partial charge in [0.15, 0.2) is 5.75 Å². The number of anilines is 1. The summed E-state index contributed by atoms with van der Waals surface area (Å²) < 4.78 is 16.4. The molecular formula is C26H25N3O4. The number of rotatable bonds is 9. The van der Waals surface area contributed by atoms with Crippen LogP contribution in [0.25, 0.3) is 11.4 Å². The molecule has 1 amide bonds. The topological polar surface area (TPSA) is 86.5 Å². The SMILES string of the molecule is COc1ccc(-c2noc(CCCC(=O)Nc3ccccc3Oc3ccc(C)cc3)n2)cc1. The molecule has 1 N–H and O–H groups in total. The van der Waals surface area contributed by atoms with Gasteiger partial charge in [0.1, 0.15) is 11.5 Å². The number of nitrogens with one attached hydrogen (secondary N) is 1. The van der Waals surface area contributed by atoms with Gasteiger partial charge in [0.05, 0.1) is 12.8 Å². The first-order valence-corrected chi connectivity index (χ1v) is 10.7. The fourth-order valence-electron chi connectivity index (χ4n) is 3.22. The fourth-order valence-corrected chi connectivity index (χ4v) is 3.22. The predicted octanol–water partition coefficient (Wildman–Crippen LogP) is 5.81. The van der Waals surface area contributed by atoms with Crippen molar-refractivity contribution in [3.8, 4) is 28.6 Å². The number of carbonyl (C=O) groups is 1. The van der Waals surface area contributed by atoms with Gasteiger partial charge in [0.25, 0.3) is 0 Å². The molecule has 1 aromatic heterocycles. The summed E-state index contributed by atoms with van der Waals surface area (Å²) in [5.74, 6) is 2.97. The van der Waals surface area contributed by atoms with E-state index in [0.717, 1.165) is 16.9 Å². The molecular weight excluding hydrogens is 418 g/mol. The van der Waals surface area contributed by atoms with Crippen LogP contribution in [0, 0.1) is 6.92 Å². The molecule has 0 fully saturated rings. The number of hydrogen-bond donors (Lipinski definition) is 1. The van der Waals surface area contributed by atoms with Crippen molar-refractivity contribution < 1.29 is 18.8 Å². The minimum atomic E-state index is -0.107. The number of para-hydroxylation sites is 2. The van der Waals surface area contributed by atoms with Crippen LogP contribution in [0.3, 0.4) is 0 Å². The highest BCUT2D eigenvalue weighted by Gasteiger charge is 2.12. The van der Waals surface area contributed by atoms with Crippen molar-refractivity contribution in [1.29, 1.82) is 0 Å². The Bertz CT molecular complexity index is 1200. The number of amides is 1. The summed E-state index contributed by atoms with van der Waals surface area (Å²) in [6, 6.07) is 22.6. The predicted molar refractivity (Wildman–Crippen MR) is 126 cm³/mol. The van der Waals surface area contributed by atoms with Crippen LogP contribution in [0.4, 0.5) is 5.69 Å². The molecule has 0 aliphatic heterocycles. The summed E-state index contributed by atoms with van der Waals surface area (Å²) >= 11 is 0. The summed E-state index contributed by atoms with van der Waals surface area (Å²) in [6.07, 6.45) is 1.41. The van der Waals surface area contributed by atoms with Crippen molar-refractivity contribution in [2.24, 2.45) is 0 Å². The molecule has 0 aliphatic rings. The van der Waals surface area contributed by atoms with Gasteiger partial charge in [-0.2, -0.15) is 4.98 Å². The smallest absolute Gasteiger partial charge is 0.226 e. The second-order valence-corrected chi connectivity index (χ2v) is 7.55. The van der Waals surface area contributed by atoms with E-state index in [-0.39, 0.29) is 5.91 Å². The summed E-state index contributed by atoms with van der Waals surface area (Å²) in [7, 11) is 1.62. The van der Waals surface area contributed by atoms with Gasteiger partial charge in [0.2, 0.25) is 17.6 Å². The zero-order valence-electron chi connectivity index (χ0n) is 18.6. The van der Waals surface area contributed by atoms with Crippen LogP contribution in [0.1, 0.15) is 24.3 Å². The highest BCUT2D eigenvalue weighted by Crippen LogP contribution is 2.29. The molecule has 0 spiro atoms. The Morgan fingerprint density at radius 2 is 1.70 bits per heavy atom. The largest absolute Gasteiger partial charge is 0.497 e. The number of nitrogens with zero attached hydrogens (tertiary/aromatic N) is 2. The lowest BCUT2D eigenvalue weighted by atomic mass is 10.2. The van der Waals surface area contributed by atoms with Crippen LogP contribution >= 0.6 is 0 Å². The minimum absolute atomic E-state index is 0.107. The second-order valence-electron chi connectivity index (χ2n) is 7.55. The third-order valence-electron chi connectivity index (χ3n) is 5.02. The molecule has 4 aromatic rings. The molecule has 33 heavy (non-hydrogen) atoms. The molecule has 0 saturated heterocycles. The first-order chi connectivity index (χ1) is 16.1. The molecule has 1 heterocycles. The van der Waals surface area contributed by atoms with E-state index in [1.165, 1.54) is 0 Å². The number of hydrogen-bond acceptors (Lipinski definition) is 6. The number of methoxy groups -OCH3 is 1. The fraction of sp³-hybridized carbons (Fsp3) is 0.192. The Balaban J connectivity index is 1.29. The van der Waals surface area contributed by atoms with Gasteiger partial charge in [-0.1, -0.05) is 35.0 Å². The molecule has 3 aromatic carbocycles. The Hall–Kier alpha value is -4.13. The minimum Gasteiger partial charge on any atom is -0.497 e. The van der Waals surface area contributed by atoms with Gasteiger partial charge in [-0.05, 0) is 61.9 Å². The zero-order valence-corrected chi connectivity index (χ0v) is 18.6. The van der Waals surface area contributed by atoms with Crippen molar-refractivity contribution in [3.63, 3.8) is 0 Å².